The maximum atomic E-state index is 13.8. The summed E-state index contributed by atoms with van der Waals surface area (Å²) in [7, 11) is 1.64. The first-order valence-electron chi connectivity index (χ1n) is 10.2. The van der Waals surface area contributed by atoms with Crippen LogP contribution in [-0.2, 0) is 16.1 Å². The number of halogens is 2. The van der Waals surface area contributed by atoms with Gasteiger partial charge in [-0.15, -0.1) is 0 Å². The Balaban J connectivity index is 1.49. The molecule has 3 rings (SSSR count). The summed E-state index contributed by atoms with van der Waals surface area (Å²) in [6.07, 6.45) is 2.28. The predicted octanol–water partition coefficient (Wildman–Crippen LogP) is 3.53. The fraction of sp³-hybridized carbons (Fsp3) is 0.435. The van der Waals surface area contributed by atoms with Gasteiger partial charge in [0.15, 0.2) is 11.6 Å². The molecule has 1 aliphatic heterocycles. The molecule has 0 aromatic heterocycles. The molecule has 1 aliphatic rings. The van der Waals surface area contributed by atoms with Gasteiger partial charge in [0.2, 0.25) is 5.91 Å². The molecule has 0 radical (unpaired) electrons. The smallest absolute Gasteiger partial charge is 0.234 e. The molecular weight excluding hydrogens is 390 g/mol. The minimum Gasteiger partial charge on any atom is -0.488 e. The molecule has 2 aromatic carbocycles. The second-order valence-electron chi connectivity index (χ2n) is 7.64. The second-order valence-corrected chi connectivity index (χ2v) is 7.64. The number of likely N-dealkylation sites (tertiary alicyclic amines) is 1. The molecule has 0 spiro atoms. The number of para-hydroxylation sites is 1. The third-order valence-corrected chi connectivity index (χ3v) is 5.50. The summed E-state index contributed by atoms with van der Waals surface area (Å²) in [4.78, 5) is 14.4. The van der Waals surface area contributed by atoms with Crippen molar-refractivity contribution in [1.82, 2.24) is 10.2 Å². The van der Waals surface area contributed by atoms with Gasteiger partial charge in [-0.2, -0.15) is 0 Å². The lowest BCUT2D eigenvalue weighted by Crippen LogP contribution is -2.41. The predicted molar refractivity (Wildman–Crippen MR) is 110 cm³/mol. The van der Waals surface area contributed by atoms with Crippen molar-refractivity contribution in [3.05, 3.63) is 65.7 Å². The summed E-state index contributed by atoms with van der Waals surface area (Å²) in [6.45, 7) is 2.25. The molecule has 30 heavy (non-hydrogen) atoms. The SMILES string of the molecule is CO[C@]1(COc2ccccc2F)CCCN(CC(=O)NCc2cccc(F)c2)CC1. The van der Waals surface area contributed by atoms with Crippen LogP contribution in [0.1, 0.15) is 24.8 Å². The van der Waals surface area contributed by atoms with E-state index in [0.29, 0.717) is 19.5 Å². The number of ether oxygens (including phenoxy) is 2. The van der Waals surface area contributed by atoms with Gasteiger partial charge in [-0.05, 0) is 55.6 Å². The van der Waals surface area contributed by atoms with Crippen LogP contribution in [0.15, 0.2) is 48.5 Å². The molecule has 1 N–H and O–H groups in total. The Bertz CT molecular complexity index is 849. The zero-order chi connectivity index (χ0) is 21.4. The Hall–Kier alpha value is -2.51. The summed E-state index contributed by atoms with van der Waals surface area (Å²) in [5.41, 5.74) is 0.206. The van der Waals surface area contributed by atoms with E-state index in [0.717, 1.165) is 24.9 Å². The minimum absolute atomic E-state index is 0.105. The molecule has 1 heterocycles. The van der Waals surface area contributed by atoms with Gasteiger partial charge in [0, 0.05) is 20.2 Å². The fourth-order valence-electron chi connectivity index (χ4n) is 3.67. The van der Waals surface area contributed by atoms with Gasteiger partial charge >= 0.3 is 0 Å². The molecule has 162 valence electrons. The average Bonchev–Trinajstić information content (AvgIpc) is 2.94. The summed E-state index contributed by atoms with van der Waals surface area (Å²) >= 11 is 0. The largest absolute Gasteiger partial charge is 0.488 e. The van der Waals surface area contributed by atoms with E-state index in [4.69, 9.17) is 9.47 Å². The molecule has 5 nitrogen and oxygen atoms in total. The van der Waals surface area contributed by atoms with Crippen LogP contribution in [0.25, 0.3) is 0 Å². The second kappa shape index (κ2) is 10.5. The summed E-state index contributed by atoms with van der Waals surface area (Å²) < 4.78 is 38.6. The highest BCUT2D eigenvalue weighted by Crippen LogP contribution is 2.28. The van der Waals surface area contributed by atoms with Crippen LogP contribution in [0.3, 0.4) is 0 Å². The number of benzene rings is 2. The van der Waals surface area contributed by atoms with Crippen LogP contribution >= 0.6 is 0 Å². The van der Waals surface area contributed by atoms with Crippen LogP contribution in [0.5, 0.6) is 5.75 Å². The van der Waals surface area contributed by atoms with Crippen molar-refractivity contribution in [2.45, 2.75) is 31.4 Å². The Morgan fingerprint density at radius 2 is 1.97 bits per heavy atom. The third-order valence-electron chi connectivity index (χ3n) is 5.50. The fourth-order valence-corrected chi connectivity index (χ4v) is 3.67. The van der Waals surface area contributed by atoms with Crippen molar-refractivity contribution < 1.29 is 23.0 Å². The maximum absolute atomic E-state index is 13.8. The summed E-state index contributed by atoms with van der Waals surface area (Å²) in [6, 6.07) is 12.5. The van der Waals surface area contributed by atoms with Crippen molar-refractivity contribution in [3.8, 4) is 5.75 Å². The first-order chi connectivity index (χ1) is 14.5. The Labute approximate surface area is 176 Å². The van der Waals surface area contributed by atoms with E-state index in [1.807, 2.05) is 0 Å². The van der Waals surface area contributed by atoms with E-state index in [-0.39, 0.29) is 30.6 Å². The first-order valence-corrected chi connectivity index (χ1v) is 10.2. The van der Waals surface area contributed by atoms with Crippen molar-refractivity contribution in [2.75, 3.05) is 33.4 Å². The van der Waals surface area contributed by atoms with Crippen LogP contribution < -0.4 is 10.1 Å². The number of methoxy groups -OCH3 is 1. The molecule has 1 saturated heterocycles. The zero-order valence-corrected chi connectivity index (χ0v) is 17.2. The standard InChI is InChI=1S/C23H28F2N2O3/c1-29-23(17-30-21-9-3-2-8-20(21)25)10-5-12-27(13-11-23)16-22(28)26-15-18-6-4-7-19(24)14-18/h2-4,6-9,14H,5,10-13,15-17H2,1H3,(H,26,28)/t23-/m1/s1. The van der Waals surface area contributed by atoms with E-state index < -0.39 is 11.4 Å². The number of carbonyl (C=O) groups is 1. The lowest BCUT2D eigenvalue weighted by molar-refractivity contribution is -0.122. The van der Waals surface area contributed by atoms with Crippen molar-refractivity contribution in [3.63, 3.8) is 0 Å². The lowest BCUT2D eigenvalue weighted by Gasteiger charge is -2.31. The third kappa shape index (κ3) is 6.24. The van der Waals surface area contributed by atoms with Crippen molar-refractivity contribution >= 4 is 5.91 Å². The first kappa shape index (κ1) is 22.2. The number of nitrogens with zero attached hydrogens (tertiary/aromatic N) is 1. The number of hydrogen-bond donors (Lipinski definition) is 1. The topological polar surface area (TPSA) is 50.8 Å². The number of nitrogens with one attached hydrogen (secondary N) is 1. The van der Waals surface area contributed by atoms with Crippen molar-refractivity contribution in [2.24, 2.45) is 0 Å². The van der Waals surface area contributed by atoms with Crippen LogP contribution in [0.2, 0.25) is 0 Å². The molecule has 0 bridgehead atoms. The van der Waals surface area contributed by atoms with E-state index >= 15 is 0 Å². The van der Waals surface area contributed by atoms with Crippen LogP contribution in [0, 0.1) is 11.6 Å². The molecule has 2 aromatic rings. The van der Waals surface area contributed by atoms with Crippen LogP contribution in [0.4, 0.5) is 8.78 Å². The number of amides is 1. The maximum Gasteiger partial charge on any atom is 0.234 e. The number of hydrogen-bond acceptors (Lipinski definition) is 4. The molecule has 1 atom stereocenters. The van der Waals surface area contributed by atoms with E-state index in [9.17, 15) is 13.6 Å². The van der Waals surface area contributed by atoms with E-state index in [1.165, 1.54) is 18.2 Å². The Morgan fingerprint density at radius 3 is 2.73 bits per heavy atom. The highest BCUT2D eigenvalue weighted by molar-refractivity contribution is 5.78. The minimum atomic E-state index is -0.519. The Kier molecular flexibility index (Phi) is 7.76. The lowest BCUT2D eigenvalue weighted by atomic mass is 9.95. The molecular formula is C23H28F2N2O3. The quantitative estimate of drug-likeness (QED) is 0.713. The van der Waals surface area contributed by atoms with Gasteiger partial charge in [0.1, 0.15) is 18.0 Å². The summed E-state index contributed by atoms with van der Waals surface area (Å²) in [5.74, 6) is -0.602. The molecule has 0 saturated carbocycles. The molecule has 0 unspecified atom stereocenters. The molecule has 1 amide bonds. The monoisotopic (exact) mass is 418 g/mol. The van der Waals surface area contributed by atoms with E-state index in [1.54, 1.807) is 37.4 Å². The highest BCUT2D eigenvalue weighted by atomic mass is 19.1. The normalized spacial score (nSPS) is 19.8. The van der Waals surface area contributed by atoms with Gasteiger partial charge < -0.3 is 14.8 Å². The zero-order valence-electron chi connectivity index (χ0n) is 17.2. The Morgan fingerprint density at radius 1 is 1.13 bits per heavy atom. The van der Waals surface area contributed by atoms with Gasteiger partial charge in [0.05, 0.1) is 6.54 Å². The van der Waals surface area contributed by atoms with Gasteiger partial charge in [0.25, 0.3) is 0 Å². The molecule has 0 aliphatic carbocycles. The number of rotatable bonds is 8. The van der Waals surface area contributed by atoms with Gasteiger partial charge in [-0.3, -0.25) is 9.69 Å². The summed E-state index contributed by atoms with van der Waals surface area (Å²) in [5, 5.41) is 2.84. The van der Waals surface area contributed by atoms with E-state index in [2.05, 4.69) is 10.2 Å². The molecule has 1 fully saturated rings. The van der Waals surface area contributed by atoms with Crippen LogP contribution in [-0.4, -0.2) is 49.8 Å². The average molecular weight is 418 g/mol. The van der Waals surface area contributed by atoms with Gasteiger partial charge in [-0.25, -0.2) is 8.78 Å². The van der Waals surface area contributed by atoms with Crippen molar-refractivity contribution in [1.29, 1.82) is 0 Å². The molecule has 7 heteroatoms. The number of carbonyl (C=O) groups excluding carboxylic acids is 1. The van der Waals surface area contributed by atoms with Gasteiger partial charge in [-0.1, -0.05) is 24.3 Å². The highest BCUT2D eigenvalue weighted by Gasteiger charge is 2.34.